The summed E-state index contributed by atoms with van der Waals surface area (Å²) in [5.41, 5.74) is 3.32. The molecule has 2 heterocycles. The van der Waals surface area contributed by atoms with Crippen LogP contribution in [0.25, 0.3) is 0 Å². The Bertz CT molecular complexity index is 834. The minimum absolute atomic E-state index is 0.0162. The molecule has 2 aliphatic rings. The lowest BCUT2D eigenvalue weighted by molar-refractivity contribution is -0.0223. The van der Waals surface area contributed by atoms with E-state index in [2.05, 4.69) is 30.1 Å². The molecular weight excluding hydrogens is 328 g/mol. The number of hydrogen-bond acceptors (Lipinski definition) is 5. The van der Waals surface area contributed by atoms with Crippen LogP contribution in [-0.4, -0.2) is 31.2 Å². The predicted octanol–water partition coefficient (Wildman–Crippen LogP) is 4.37. The third kappa shape index (κ3) is 2.77. The summed E-state index contributed by atoms with van der Waals surface area (Å²) in [5, 5.41) is 7.08. The van der Waals surface area contributed by atoms with E-state index in [-0.39, 0.29) is 12.3 Å². The first-order valence-electron chi connectivity index (χ1n) is 9.09. The molecule has 2 aromatic carbocycles. The van der Waals surface area contributed by atoms with E-state index in [1.54, 1.807) is 14.2 Å². The number of hydrazone groups is 1. The molecule has 0 aliphatic carbocycles. The Hall–Kier alpha value is -2.69. The zero-order valence-electron chi connectivity index (χ0n) is 15.4. The minimum atomic E-state index is -0.0162. The van der Waals surface area contributed by atoms with Crippen LogP contribution in [0.2, 0.25) is 0 Å². The summed E-state index contributed by atoms with van der Waals surface area (Å²) < 4.78 is 17.0. The fourth-order valence-corrected chi connectivity index (χ4v) is 3.74. The number of para-hydroxylation sites is 1. The average Bonchev–Trinajstić information content (AvgIpc) is 3.13. The molecule has 0 bridgehead atoms. The van der Waals surface area contributed by atoms with E-state index in [1.165, 1.54) is 5.56 Å². The van der Waals surface area contributed by atoms with Crippen molar-refractivity contribution >= 4 is 5.71 Å². The molecular formula is C21H24N2O3. The van der Waals surface area contributed by atoms with Gasteiger partial charge in [0, 0.05) is 24.0 Å². The van der Waals surface area contributed by atoms with E-state index >= 15 is 0 Å². The van der Waals surface area contributed by atoms with Gasteiger partial charge < -0.3 is 14.2 Å². The molecule has 2 aliphatic heterocycles. The summed E-state index contributed by atoms with van der Waals surface area (Å²) in [6.45, 7) is 2.17. The highest BCUT2D eigenvalue weighted by molar-refractivity contribution is 6.02. The molecule has 0 N–H and O–H groups in total. The Morgan fingerprint density at radius 3 is 2.69 bits per heavy atom. The summed E-state index contributed by atoms with van der Waals surface area (Å²) in [7, 11) is 3.30. The number of benzene rings is 2. The Morgan fingerprint density at radius 1 is 1.12 bits per heavy atom. The maximum Gasteiger partial charge on any atom is 0.187 e. The van der Waals surface area contributed by atoms with E-state index in [9.17, 15) is 0 Å². The van der Waals surface area contributed by atoms with Crippen molar-refractivity contribution in [3.05, 3.63) is 53.6 Å². The van der Waals surface area contributed by atoms with Gasteiger partial charge in [-0.1, -0.05) is 31.5 Å². The third-order valence-corrected chi connectivity index (χ3v) is 5.03. The summed E-state index contributed by atoms with van der Waals surface area (Å²) in [6, 6.07) is 14.5. The Labute approximate surface area is 154 Å². The van der Waals surface area contributed by atoms with Crippen molar-refractivity contribution in [1.29, 1.82) is 0 Å². The van der Waals surface area contributed by atoms with Gasteiger partial charge in [-0.3, -0.25) is 5.01 Å². The first kappa shape index (κ1) is 16.8. The van der Waals surface area contributed by atoms with E-state index in [1.807, 2.05) is 24.3 Å². The lowest BCUT2D eigenvalue weighted by Crippen LogP contribution is -2.40. The van der Waals surface area contributed by atoms with Gasteiger partial charge in [0.2, 0.25) is 0 Å². The van der Waals surface area contributed by atoms with Crippen molar-refractivity contribution in [3.63, 3.8) is 0 Å². The van der Waals surface area contributed by atoms with Crippen LogP contribution in [0, 0.1) is 0 Å². The molecule has 0 spiro atoms. The largest absolute Gasteiger partial charge is 0.493 e. The van der Waals surface area contributed by atoms with Crippen LogP contribution in [0.3, 0.4) is 0 Å². The number of rotatable bonds is 5. The molecule has 0 aromatic heterocycles. The van der Waals surface area contributed by atoms with Gasteiger partial charge in [-0.2, -0.15) is 5.10 Å². The predicted molar refractivity (Wildman–Crippen MR) is 101 cm³/mol. The summed E-state index contributed by atoms with van der Waals surface area (Å²) >= 11 is 0. The van der Waals surface area contributed by atoms with Gasteiger partial charge >= 0.3 is 0 Å². The smallest absolute Gasteiger partial charge is 0.187 e. The van der Waals surface area contributed by atoms with Crippen LogP contribution in [0.4, 0.5) is 0 Å². The van der Waals surface area contributed by atoms with Crippen LogP contribution in [-0.2, 0) is 0 Å². The van der Waals surface area contributed by atoms with E-state index < -0.39 is 0 Å². The van der Waals surface area contributed by atoms with Gasteiger partial charge in [-0.15, -0.1) is 0 Å². The van der Waals surface area contributed by atoms with Crippen LogP contribution in [0.15, 0.2) is 47.6 Å². The third-order valence-electron chi connectivity index (χ3n) is 5.03. The molecule has 5 heteroatoms. The molecule has 0 unspecified atom stereocenters. The average molecular weight is 352 g/mol. The second kappa shape index (κ2) is 6.90. The lowest BCUT2D eigenvalue weighted by Gasteiger charge is -2.38. The highest BCUT2D eigenvalue weighted by atomic mass is 16.5. The highest BCUT2D eigenvalue weighted by Gasteiger charge is 2.39. The minimum Gasteiger partial charge on any atom is -0.493 e. The number of fused-ring (bicyclic) bond motifs is 3. The van der Waals surface area contributed by atoms with Crippen LogP contribution >= 0.6 is 0 Å². The monoisotopic (exact) mass is 352 g/mol. The number of nitrogens with zero attached hydrogens (tertiary/aromatic N) is 2. The van der Waals surface area contributed by atoms with Gasteiger partial charge in [0.15, 0.2) is 17.7 Å². The molecule has 136 valence electrons. The van der Waals surface area contributed by atoms with E-state index in [4.69, 9.17) is 19.3 Å². The van der Waals surface area contributed by atoms with Gasteiger partial charge in [0.1, 0.15) is 5.75 Å². The molecule has 26 heavy (non-hydrogen) atoms. The van der Waals surface area contributed by atoms with Crippen molar-refractivity contribution in [2.45, 2.75) is 38.5 Å². The number of hydrogen-bond donors (Lipinski definition) is 0. The highest BCUT2D eigenvalue weighted by Crippen LogP contribution is 2.44. The maximum atomic E-state index is 6.23. The van der Waals surface area contributed by atoms with Crippen LogP contribution in [0.5, 0.6) is 17.2 Å². The van der Waals surface area contributed by atoms with Crippen molar-refractivity contribution in [2.24, 2.45) is 5.10 Å². The Morgan fingerprint density at radius 2 is 1.92 bits per heavy atom. The first-order valence-corrected chi connectivity index (χ1v) is 9.09. The first-order chi connectivity index (χ1) is 12.7. The fourth-order valence-electron chi connectivity index (χ4n) is 3.74. The van der Waals surface area contributed by atoms with E-state index in [0.29, 0.717) is 0 Å². The van der Waals surface area contributed by atoms with Crippen molar-refractivity contribution in [3.8, 4) is 17.2 Å². The summed E-state index contributed by atoms with van der Waals surface area (Å²) in [4.78, 5) is 0. The van der Waals surface area contributed by atoms with Gasteiger partial charge in [-0.05, 0) is 24.3 Å². The molecule has 0 saturated carbocycles. The molecule has 2 aromatic rings. The summed E-state index contributed by atoms with van der Waals surface area (Å²) in [5.74, 6) is 2.43. The molecule has 0 saturated heterocycles. The quantitative estimate of drug-likeness (QED) is 0.801. The van der Waals surface area contributed by atoms with Crippen molar-refractivity contribution in [1.82, 2.24) is 5.01 Å². The lowest BCUT2D eigenvalue weighted by atomic mass is 9.96. The van der Waals surface area contributed by atoms with Crippen LogP contribution in [0.1, 0.15) is 43.4 Å². The molecule has 0 radical (unpaired) electrons. The van der Waals surface area contributed by atoms with E-state index in [0.717, 1.165) is 47.8 Å². The molecule has 0 fully saturated rings. The second-order valence-electron chi connectivity index (χ2n) is 6.62. The Balaban J connectivity index is 1.70. The zero-order valence-corrected chi connectivity index (χ0v) is 15.4. The zero-order chi connectivity index (χ0) is 18.1. The molecule has 4 rings (SSSR count). The topological polar surface area (TPSA) is 43.3 Å². The van der Waals surface area contributed by atoms with Gasteiger partial charge in [0.25, 0.3) is 0 Å². The number of methoxy groups -OCH3 is 2. The maximum absolute atomic E-state index is 6.23. The molecule has 0 amide bonds. The van der Waals surface area contributed by atoms with Gasteiger partial charge in [0.05, 0.1) is 26.0 Å². The van der Waals surface area contributed by atoms with Crippen molar-refractivity contribution < 1.29 is 14.2 Å². The van der Waals surface area contributed by atoms with Crippen LogP contribution < -0.4 is 14.2 Å². The normalized spacial score (nSPS) is 20.7. The Kier molecular flexibility index (Phi) is 4.45. The molecule has 5 nitrogen and oxygen atoms in total. The molecule has 2 atom stereocenters. The van der Waals surface area contributed by atoms with Gasteiger partial charge in [-0.25, -0.2) is 0 Å². The summed E-state index contributed by atoms with van der Waals surface area (Å²) in [6.07, 6.45) is 2.85. The van der Waals surface area contributed by atoms with Crippen molar-refractivity contribution in [2.75, 3.05) is 14.2 Å². The second-order valence-corrected chi connectivity index (χ2v) is 6.62. The fraction of sp³-hybridized carbons (Fsp3) is 0.381. The SMILES string of the molecule is CCC[C@@H]1Oc2ccccc2[C@H]2CC(c3ccc(OC)c(OC)c3)=NN12. The number of ether oxygens (including phenoxy) is 3. The standard InChI is InChI=1S/C21H24N2O3/c1-4-7-21-23-17(15-8-5-6-9-18(15)26-21)13-16(22-23)14-10-11-19(24-2)20(12-14)25-3/h5-6,8-12,17,21H,4,7,13H2,1-3H3/t17-,21+/m1/s1.